The van der Waals surface area contributed by atoms with Crippen LogP contribution in [0.4, 0.5) is 5.69 Å². The second-order valence-corrected chi connectivity index (χ2v) is 8.66. The minimum absolute atomic E-state index is 0.0622. The molecular weight excluding hydrogens is 380 g/mol. The molecule has 0 saturated heterocycles. The summed E-state index contributed by atoms with van der Waals surface area (Å²) in [5.74, 6) is 0.591. The molecule has 8 heteroatoms. The third-order valence-corrected chi connectivity index (χ3v) is 6.44. The Hall–Kier alpha value is -2.74. The number of hydrogen-bond donors (Lipinski definition) is 1. The van der Waals surface area contributed by atoms with Gasteiger partial charge >= 0.3 is 0 Å². The van der Waals surface area contributed by atoms with Gasteiger partial charge in [0.15, 0.2) is 6.10 Å². The van der Waals surface area contributed by atoms with Crippen molar-refractivity contribution in [3.8, 4) is 11.5 Å². The fraction of sp³-hybridized carbons (Fsp3) is 0.350. The molecular formula is C20H24N2O5S. The first kappa shape index (κ1) is 20.0. The molecule has 0 spiro atoms. The molecule has 2 aromatic carbocycles. The highest BCUT2D eigenvalue weighted by molar-refractivity contribution is 7.92. The third kappa shape index (κ3) is 3.91. The van der Waals surface area contributed by atoms with Crippen molar-refractivity contribution >= 4 is 21.6 Å². The molecule has 1 amide bonds. The first-order chi connectivity index (χ1) is 13.4. The van der Waals surface area contributed by atoms with Crippen LogP contribution in [-0.2, 0) is 14.8 Å². The molecule has 0 aromatic heterocycles. The summed E-state index contributed by atoms with van der Waals surface area (Å²) in [7, 11) is -1.97. The summed E-state index contributed by atoms with van der Waals surface area (Å²) in [4.78, 5) is 12.9. The third-order valence-electron chi connectivity index (χ3n) is 4.69. The van der Waals surface area contributed by atoms with E-state index in [1.807, 2.05) is 31.2 Å². The van der Waals surface area contributed by atoms with E-state index in [9.17, 15) is 13.2 Å². The number of amides is 1. The van der Waals surface area contributed by atoms with Crippen molar-refractivity contribution in [2.45, 2.75) is 26.0 Å². The quantitative estimate of drug-likeness (QED) is 0.800. The zero-order valence-electron chi connectivity index (χ0n) is 16.1. The first-order valence-corrected chi connectivity index (χ1v) is 10.7. The van der Waals surface area contributed by atoms with Crippen LogP contribution in [0.3, 0.4) is 0 Å². The van der Waals surface area contributed by atoms with E-state index in [0.717, 1.165) is 5.56 Å². The lowest BCUT2D eigenvalue weighted by atomic mass is 10.1. The van der Waals surface area contributed by atoms with Gasteiger partial charge in [-0.3, -0.25) is 9.10 Å². The number of rotatable bonds is 6. The van der Waals surface area contributed by atoms with Crippen LogP contribution in [0.2, 0.25) is 0 Å². The van der Waals surface area contributed by atoms with E-state index in [2.05, 4.69) is 5.32 Å². The molecule has 28 heavy (non-hydrogen) atoms. The van der Waals surface area contributed by atoms with Gasteiger partial charge in [0.25, 0.3) is 5.91 Å². The maximum Gasteiger partial charge on any atom is 0.263 e. The Balaban J connectivity index is 1.83. The number of hydrogen-bond acceptors (Lipinski definition) is 5. The molecule has 1 N–H and O–H groups in total. The summed E-state index contributed by atoms with van der Waals surface area (Å²) in [6, 6.07) is 13.9. The van der Waals surface area contributed by atoms with Gasteiger partial charge in [0, 0.05) is 5.56 Å². The Bertz CT molecular complexity index is 961. The van der Waals surface area contributed by atoms with Crippen LogP contribution in [0, 0.1) is 0 Å². The topological polar surface area (TPSA) is 84.9 Å². The van der Waals surface area contributed by atoms with Gasteiger partial charge in [-0.2, -0.15) is 0 Å². The van der Waals surface area contributed by atoms with Gasteiger partial charge in [0.1, 0.15) is 11.5 Å². The first-order valence-electron chi connectivity index (χ1n) is 9.06. The van der Waals surface area contributed by atoms with Crippen molar-refractivity contribution in [2.24, 2.45) is 0 Å². The van der Waals surface area contributed by atoms with Crippen LogP contribution in [0.25, 0.3) is 0 Å². The normalized spacial score (nSPS) is 17.2. The predicted molar refractivity (Wildman–Crippen MR) is 107 cm³/mol. The van der Waals surface area contributed by atoms with Crippen LogP contribution in [-0.4, -0.2) is 39.8 Å². The molecule has 1 aliphatic heterocycles. The highest BCUT2D eigenvalue weighted by Gasteiger charge is 2.36. The molecule has 2 unspecified atom stereocenters. The zero-order chi connectivity index (χ0) is 20.3. The molecule has 1 aliphatic rings. The second-order valence-electron chi connectivity index (χ2n) is 6.48. The number of benzene rings is 2. The molecule has 150 valence electrons. The molecule has 3 rings (SSSR count). The number of nitrogens with zero attached hydrogens (tertiary/aromatic N) is 1. The molecule has 2 atom stereocenters. The molecule has 0 bridgehead atoms. The Kier molecular flexibility index (Phi) is 5.79. The van der Waals surface area contributed by atoms with Crippen molar-refractivity contribution < 1.29 is 22.7 Å². The van der Waals surface area contributed by atoms with Crippen LogP contribution in [0.15, 0.2) is 48.5 Å². The standard InChI is InChI=1S/C20H24N2O5S/c1-4-28(24,25)22-13-19(27-18-12-8-6-10-16(18)22)20(23)21-14(2)15-9-5-7-11-17(15)26-3/h5-12,14,19H,4,13H2,1-3H3,(H,21,23). The number of sulfonamides is 1. The van der Waals surface area contributed by atoms with Gasteiger partial charge in [0.2, 0.25) is 10.0 Å². The van der Waals surface area contributed by atoms with Gasteiger partial charge in [-0.25, -0.2) is 8.42 Å². The lowest BCUT2D eigenvalue weighted by Gasteiger charge is -2.35. The molecule has 7 nitrogen and oxygen atoms in total. The average Bonchev–Trinajstić information content (AvgIpc) is 2.72. The number of para-hydroxylation sites is 3. The van der Waals surface area contributed by atoms with Crippen LogP contribution >= 0.6 is 0 Å². The summed E-state index contributed by atoms with van der Waals surface area (Å²) in [6.45, 7) is 3.34. The average molecular weight is 404 g/mol. The highest BCUT2D eigenvalue weighted by atomic mass is 32.2. The number of carbonyl (C=O) groups is 1. The summed E-state index contributed by atoms with van der Waals surface area (Å²) in [5, 5.41) is 2.90. The lowest BCUT2D eigenvalue weighted by molar-refractivity contribution is -0.128. The Morgan fingerprint density at radius 1 is 1.25 bits per heavy atom. The van der Waals surface area contributed by atoms with Gasteiger partial charge in [-0.05, 0) is 32.0 Å². The van der Waals surface area contributed by atoms with Crippen LogP contribution < -0.4 is 19.1 Å². The van der Waals surface area contributed by atoms with Crippen molar-refractivity contribution in [1.29, 1.82) is 0 Å². The minimum atomic E-state index is -3.54. The smallest absolute Gasteiger partial charge is 0.263 e. The fourth-order valence-corrected chi connectivity index (χ4v) is 4.29. The van der Waals surface area contributed by atoms with E-state index >= 15 is 0 Å². The predicted octanol–water partition coefficient (Wildman–Crippen LogP) is 2.49. The molecule has 2 aromatic rings. The molecule has 0 radical (unpaired) electrons. The molecule has 0 fully saturated rings. The van der Waals surface area contributed by atoms with Crippen LogP contribution in [0.1, 0.15) is 25.5 Å². The fourth-order valence-electron chi connectivity index (χ4n) is 3.17. The van der Waals surface area contributed by atoms with Gasteiger partial charge in [-0.1, -0.05) is 30.3 Å². The van der Waals surface area contributed by atoms with Gasteiger partial charge in [0.05, 0.1) is 31.1 Å². The van der Waals surface area contributed by atoms with E-state index in [1.165, 1.54) is 4.31 Å². The molecule has 1 heterocycles. The Morgan fingerprint density at radius 3 is 2.64 bits per heavy atom. The summed E-state index contributed by atoms with van der Waals surface area (Å²) in [6.07, 6.45) is -0.951. The number of ether oxygens (including phenoxy) is 2. The SMILES string of the molecule is CCS(=O)(=O)N1CC(C(=O)NC(C)c2ccccc2OC)Oc2ccccc21. The van der Waals surface area contributed by atoms with E-state index in [0.29, 0.717) is 17.2 Å². The molecule has 0 aliphatic carbocycles. The molecule has 0 saturated carbocycles. The Morgan fingerprint density at radius 2 is 1.93 bits per heavy atom. The van der Waals surface area contributed by atoms with Crippen molar-refractivity contribution in [3.63, 3.8) is 0 Å². The van der Waals surface area contributed by atoms with E-state index in [4.69, 9.17) is 9.47 Å². The number of carbonyl (C=O) groups excluding carboxylic acids is 1. The number of nitrogens with one attached hydrogen (secondary N) is 1. The van der Waals surface area contributed by atoms with Crippen molar-refractivity contribution in [1.82, 2.24) is 5.32 Å². The summed E-state index contributed by atoms with van der Waals surface area (Å²) >= 11 is 0. The van der Waals surface area contributed by atoms with E-state index in [1.54, 1.807) is 38.3 Å². The number of fused-ring (bicyclic) bond motifs is 1. The number of anilines is 1. The second kappa shape index (κ2) is 8.10. The zero-order valence-corrected chi connectivity index (χ0v) is 16.9. The summed E-state index contributed by atoms with van der Waals surface area (Å²) < 4.78 is 37.5. The van der Waals surface area contributed by atoms with Crippen molar-refractivity contribution in [3.05, 3.63) is 54.1 Å². The lowest BCUT2D eigenvalue weighted by Crippen LogP contribution is -2.51. The monoisotopic (exact) mass is 404 g/mol. The Labute approximate surface area is 165 Å². The largest absolute Gasteiger partial charge is 0.496 e. The minimum Gasteiger partial charge on any atom is -0.496 e. The van der Waals surface area contributed by atoms with E-state index in [-0.39, 0.29) is 24.2 Å². The van der Waals surface area contributed by atoms with Crippen LogP contribution in [0.5, 0.6) is 11.5 Å². The highest BCUT2D eigenvalue weighted by Crippen LogP contribution is 2.35. The maximum atomic E-state index is 12.9. The van der Waals surface area contributed by atoms with Gasteiger partial charge < -0.3 is 14.8 Å². The van der Waals surface area contributed by atoms with E-state index < -0.39 is 16.1 Å². The van der Waals surface area contributed by atoms with Crippen molar-refractivity contribution in [2.75, 3.05) is 23.7 Å². The summed E-state index contributed by atoms with van der Waals surface area (Å²) in [5.41, 5.74) is 1.28. The number of methoxy groups -OCH3 is 1. The maximum absolute atomic E-state index is 12.9. The van der Waals surface area contributed by atoms with Gasteiger partial charge in [-0.15, -0.1) is 0 Å².